The van der Waals surface area contributed by atoms with Crippen LogP contribution in [0, 0.1) is 0 Å². The highest BCUT2D eigenvalue weighted by Crippen LogP contribution is 2.31. The summed E-state index contributed by atoms with van der Waals surface area (Å²) in [6.45, 7) is 0.483. The number of nitrogens with zero attached hydrogens (tertiary/aromatic N) is 2. The molecule has 4 rings (SSSR count). The van der Waals surface area contributed by atoms with Crippen LogP contribution in [0.15, 0.2) is 77.0 Å². The van der Waals surface area contributed by atoms with E-state index in [1.54, 1.807) is 46.6 Å². The Morgan fingerprint density at radius 2 is 1.90 bits per heavy atom. The van der Waals surface area contributed by atoms with Crippen molar-refractivity contribution in [3.63, 3.8) is 0 Å². The van der Waals surface area contributed by atoms with Gasteiger partial charge in [-0.05, 0) is 47.7 Å². The minimum Gasteiger partial charge on any atom is -0.284 e. The van der Waals surface area contributed by atoms with Gasteiger partial charge in [0, 0.05) is 23.8 Å². The lowest BCUT2D eigenvalue weighted by molar-refractivity contribution is -0.114. The number of sulfone groups is 1. The van der Waals surface area contributed by atoms with Gasteiger partial charge in [0.05, 0.1) is 15.1 Å². The number of hydrogen-bond acceptors (Lipinski definition) is 6. The highest BCUT2D eigenvalue weighted by Gasteiger charge is 2.19. The quantitative estimate of drug-likeness (QED) is 0.356. The first-order valence-electron chi connectivity index (χ1n) is 9.58. The van der Waals surface area contributed by atoms with Gasteiger partial charge in [-0.1, -0.05) is 47.7 Å². The third-order valence-electron chi connectivity index (χ3n) is 4.65. The first-order chi connectivity index (χ1) is 14.9. The number of hydrogen-bond donors (Lipinski definition) is 0. The molecule has 0 atom stereocenters. The Bertz CT molecular complexity index is 1330. The Balaban J connectivity index is 1.65. The van der Waals surface area contributed by atoms with Gasteiger partial charge in [0.15, 0.2) is 15.0 Å². The third kappa shape index (κ3) is 5.28. The third-order valence-corrected chi connectivity index (χ3v) is 7.74. The van der Waals surface area contributed by atoms with Crippen molar-refractivity contribution >= 4 is 59.8 Å². The number of carbonyl (C=O) groups excluding carboxylic acids is 1. The van der Waals surface area contributed by atoms with Crippen molar-refractivity contribution < 1.29 is 13.2 Å². The summed E-state index contributed by atoms with van der Waals surface area (Å²) >= 11 is 2.97. The fourth-order valence-electron chi connectivity index (χ4n) is 3.04. The molecule has 31 heavy (non-hydrogen) atoms. The summed E-state index contributed by atoms with van der Waals surface area (Å²) in [5.41, 5.74) is 1.62. The smallest absolute Gasteiger partial charge is 0.252 e. The number of thiophene rings is 1. The van der Waals surface area contributed by atoms with E-state index in [0.717, 1.165) is 10.3 Å². The zero-order valence-corrected chi connectivity index (χ0v) is 19.2. The molecule has 2 aromatic carbocycles. The average molecular weight is 469 g/mol. The zero-order valence-electron chi connectivity index (χ0n) is 16.8. The molecule has 158 valence electrons. The number of rotatable bonds is 7. The van der Waals surface area contributed by atoms with Crippen molar-refractivity contribution in [3.05, 3.63) is 82.6 Å². The van der Waals surface area contributed by atoms with Crippen molar-refractivity contribution in [1.82, 2.24) is 4.98 Å². The SMILES string of the molecule is CS(=O)(=O)c1ccc2nc(N(CCc3cccs3)C(=O)C=Cc3ccccc3)sc2c1. The highest BCUT2D eigenvalue weighted by molar-refractivity contribution is 7.90. The molecule has 0 saturated carbocycles. The molecule has 0 fully saturated rings. The van der Waals surface area contributed by atoms with Crippen LogP contribution in [0.5, 0.6) is 0 Å². The summed E-state index contributed by atoms with van der Waals surface area (Å²) in [5.74, 6) is -0.164. The Morgan fingerprint density at radius 3 is 2.61 bits per heavy atom. The van der Waals surface area contributed by atoms with Gasteiger partial charge >= 0.3 is 0 Å². The Labute approximate surface area is 189 Å². The predicted molar refractivity (Wildman–Crippen MR) is 129 cm³/mol. The van der Waals surface area contributed by atoms with E-state index < -0.39 is 9.84 Å². The summed E-state index contributed by atoms with van der Waals surface area (Å²) < 4.78 is 24.5. The maximum Gasteiger partial charge on any atom is 0.252 e. The van der Waals surface area contributed by atoms with Crippen LogP contribution >= 0.6 is 22.7 Å². The zero-order chi connectivity index (χ0) is 21.8. The van der Waals surface area contributed by atoms with Crippen LogP contribution in [0.3, 0.4) is 0 Å². The second kappa shape index (κ2) is 9.13. The van der Waals surface area contributed by atoms with Gasteiger partial charge in [-0.3, -0.25) is 9.69 Å². The molecule has 0 radical (unpaired) electrons. The molecule has 0 bridgehead atoms. The summed E-state index contributed by atoms with van der Waals surface area (Å²) in [4.78, 5) is 20.8. The Kier molecular flexibility index (Phi) is 6.31. The monoisotopic (exact) mass is 468 g/mol. The molecular weight excluding hydrogens is 448 g/mol. The van der Waals surface area contributed by atoms with E-state index in [-0.39, 0.29) is 10.8 Å². The molecule has 0 saturated heterocycles. The second-order valence-corrected chi connectivity index (χ2v) is 11.0. The number of carbonyl (C=O) groups is 1. The highest BCUT2D eigenvalue weighted by atomic mass is 32.2. The van der Waals surface area contributed by atoms with E-state index in [4.69, 9.17) is 0 Å². The van der Waals surface area contributed by atoms with Crippen molar-refractivity contribution in [2.45, 2.75) is 11.3 Å². The summed E-state index contributed by atoms with van der Waals surface area (Å²) in [6, 6.07) is 18.5. The molecule has 0 N–H and O–H groups in total. The van der Waals surface area contributed by atoms with Crippen LogP contribution < -0.4 is 4.90 Å². The van der Waals surface area contributed by atoms with Gasteiger partial charge in [-0.2, -0.15) is 0 Å². The van der Waals surface area contributed by atoms with E-state index in [9.17, 15) is 13.2 Å². The fraction of sp³-hybridized carbons (Fsp3) is 0.130. The lowest BCUT2D eigenvalue weighted by Gasteiger charge is -2.17. The molecule has 4 aromatic rings. The molecule has 0 aliphatic heterocycles. The summed E-state index contributed by atoms with van der Waals surface area (Å²) in [5, 5.41) is 2.57. The molecule has 0 unspecified atom stereocenters. The second-order valence-electron chi connectivity index (χ2n) is 6.96. The van der Waals surface area contributed by atoms with Crippen LogP contribution in [0.2, 0.25) is 0 Å². The average Bonchev–Trinajstić information content (AvgIpc) is 3.41. The van der Waals surface area contributed by atoms with E-state index in [2.05, 4.69) is 4.98 Å². The maximum absolute atomic E-state index is 13.1. The van der Waals surface area contributed by atoms with E-state index >= 15 is 0 Å². The predicted octanol–water partition coefficient (Wildman–Crippen LogP) is 5.05. The lowest BCUT2D eigenvalue weighted by Crippen LogP contribution is -2.31. The van der Waals surface area contributed by atoms with E-state index in [0.29, 0.717) is 23.6 Å². The van der Waals surface area contributed by atoms with Gasteiger partial charge in [-0.25, -0.2) is 13.4 Å². The van der Waals surface area contributed by atoms with Gasteiger partial charge < -0.3 is 0 Å². The first-order valence-corrected chi connectivity index (χ1v) is 13.2. The van der Waals surface area contributed by atoms with E-state index in [1.165, 1.54) is 22.5 Å². The van der Waals surface area contributed by atoms with Crippen LogP contribution in [-0.4, -0.2) is 32.1 Å². The molecule has 0 aliphatic rings. The molecule has 0 spiro atoms. The number of benzene rings is 2. The minimum atomic E-state index is -3.31. The van der Waals surface area contributed by atoms with Crippen LogP contribution in [0.4, 0.5) is 5.13 Å². The van der Waals surface area contributed by atoms with Gasteiger partial charge in [0.25, 0.3) is 5.91 Å². The van der Waals surface area contributed by atoms with Crippen molar-refractivity contribution in [2.24, 2.45) is 0 Å². The number of amides is 1. The molecular formula is C23H20N2O3S3. The Morgan fingerprint density at radius 1 is 1.10 bits per heavy atom. The van der Waals surface area contributed by atoms with Crippen LogP contribution in [0.25, 0.3) is 16.3 Å². The normalized spacial score (nSPS) is 11.9. The maximum atomic E-state index is 13.1. The molecule has 1 amide bonds. The first kappa shape index (κ1) is 21.4. The van der Waals surface area contributed by atoms with Crippen molar-refractivity contribution in [3.8, 4) is 0 Å². The molecule has 8 heteroatoms. The molecule has 5 nitrogen and oxygen atoms in total. The number of thiazole rings is 1. The number of anilines is 1. The molecule has 2 aromatic heterocycles. The van der Waals surface area contributed by atoms with Crippen molar-refractivity contribution in [1.29, 1.82) is 0 Å². The largest absolute Gasteiger partial charge is 0.284 e. The van der Waals surface area contributed by atoms with Gasteiger partial charge in [0.1, 0.15) is 0 Å². The summed E-state index contributed by atoms with van der Waals surface area (Å²) in [6.07, 6.45) is 5.24. The molecule has 0 aliphatic carbocycles. The fourth-order valence-corrected chi connectivity index (χ4v) is 5.49. The minimum absolute atomic E-state index is 0.164. The summed E-state index contributed by atoms with van der Waals surface area (Å²) in [7, 11) is -3.31. The van der Waals surface area contributed by atoms with Crippen LogP contribution in [0.1, 0.15) is 10.4 Å². The topological polar surface area (TPSA) is 67.3 Å². The standard InChI is InChI=1S/C23H20N2O3S3/c1-31(27,28)19-10-11-20-21(16-19)30-23(24-20)25(14-13-18-8-5-15-29-18)22(26)12-9-17-6-3-2-4-7-17/h2-12,15-16H,13-14H2,1H3. The van der Waals surface area contributed by atoms with Crippen molar-refractivity contribution in [2.75, 3.05) is 17.7 Å². The van der Waals surface area contributed by atoms with Gasteiger partial charge in [0.2, 0.25) is 0 Å². The van der Waals surface area contributed by atoms with E-state index in [1.807, 2.05) is 47.8 Å². The number of aromatic nitrogens is 1. The molecule has 2 heterocycles. The number of fused-ring (bicyclic) bond motifs is 1. The lowest BCUT2D eigenvalue weighted by atomic mass is 10.2. The Hall–Kier alpha value is -2.81. The van der Waals surface area contributed by atoms with Crippen LogP contribution in [-0.2, 0) is 21.1 Å². The van der Waals surface area contributed by atoms with Gasteiger partial charge in [-0.15, -0.1) is 11.3 Å².